The first-order valence-electron chi connectivity index (χ1n) is 10.3. The molecule has 2 heterocycles. The first kappa shape index (κ1) is 21.6. The zero-order valence-electron chi connectivity index (χ0n) is 16.8. The van der Waals surface area contributed by atoms with Gasteiger partial charge < -0.3 is 15.8 Å². The highest BCUT2D eigenvalue weighted by Crippen LogP contribution is 2.43. The van der Waals surface area contributed by atoms with Crippen molar-refractivity contribution < 1.29 is 14.3 Å². The Hall–Kier alpha value is -1.64. The first-order valence-corrected chi connectivity index (χ1v) is 13.2. The molecule has 2 aliphatic rings. The van der Waals surface area contributed by atoms with Crippen LogP contribution in [0.1, 0.15) is 56.6 Å². The van der Waals surface area contributed by atoms with E-state index in [1.165, 1.54) is 39.7 Å². The van der Waals surface area contributed by atoms with Gasteiger partial charge in [-0.2, -0.15) is 0 Å². The Kier molecular flexibility index (Phi) is 7.28. The summed E-state index contributed by atoms with van der Waals surface area (Å²) in [6.45, 7) is -0.104. The van der Waals surface area contributed by atoms with Gasteiger partial charge in [0.25, 0.3) is 11.8 Å². The highest BCUT2D eigenvalue weighted by molar-refractivity contribution is 8.16. The Balaban J connectivity index is 1.36. The minimum atomic E-state index is -0.473. The van der Waals surface area contributed by atoms with Gasteiger partial charge in [-0.25, -0.2) is 0 Å². The SMILES string of the molecule is NC(=O)c1c(NC(=O)COc2ccc(C3SCCCS3)cc2)sc2c1CCCCC2. The molecule has 0 atom stereocenters. The molecule has 2 aromatic rings. The first-order chi connectivity index (χ1) is 14.6. The number of carbonyl (C=O) groups excluding carboxylic acids is 2. The van der Waals surface area contributed by atoms with Gasteiger partial charge in [-0.1, -0.05) is 18.6 Å². The van der Waals surface area contributed by atoms with Gasteiger partial charge in [0.2, 0.25) is 0 Å². The van der Waals surface area contributed by atoms with Crippen molar-refractivity contribution in [3.05, 3.63) is 45.8 Å². The quantitative estimate of drug-likeness (QED) is 0.590. The number of carbonyl (C=O) groups is 2. The third-order valence-corrected chi connectivity index (χ3v) is 9.49. The van der Waals surface area contributed by atoms with Gasteiger partial charge in [-0.05, 0) is 66.9 Å². The Morgan fingerprint density at radius 1 is 1.03 bits per heavy atom. The molecule has 3 N–H and O–H groups in total. The third-order valence-electron chi connectivity index (χ3n) is 5.27. The molecule has 1 aromatic heterocycles. The lowest BCUT2D eigenvalue weighted by atomic mass is 10.1. The second kappa shape index (κ2) is 10.1. The molecule has 0 saturated carbocycles. The van der Waals surface area contributed by atoms with Crippen molar-refractivity contribution in [3.8, 4) is 5.75 Å². The van der Waals surface area contributed by atoms with E-state index in [0.717, 1.165) is 37.7 Å². The number of anilines is 1. The van der Waals surface area contributed by atoms with Crippen molar-refractivity contribution >= 4 is 51.7 Å². The number of nitrogens with one attached hydrogen (secondary N) is 1. The van der Waals surface area contributed by atoms with E-state index in [1.807, 2.05) is 35.7 Å². The zero-order valence-corrected chi connectivity index (χ0v) is 19.2. The smallest absolute Gasteiger partial charge is 0.262 e. The van der Waals surface area contributed by atoms with Gasteiger partial charge >= 0.3 is 0 Å². The lowest BCUT2D eigenvalue weighted by Crippen LogP contribution is -2.22. The highest BCUT2D eigenvalue weighted by atomic mass is 32.2. The molecule has 1 aliphatic carbocycles. The summed E-state index contributed by atoms with van der Waals surface area (Å²) < 4.78 is 6.15. The summed E-state index contributed by atoms with van der Waals surface area (Å²) in [5.41, 5.74) is 8.42. The number of rotatable bonds is 6. The Morgan fingerprint density at radius 2 is 1.77 bits per heavy atom. The van der Waals surface area contributed by atoms with Crippen LogP contribution in [0.5, 0.6) is 5.75 Å². The summed E-state index contributed by atoms with van der Waals surface area (Å²) in [6, 6.07) is 7.98. The molecule has 0 unspecified atom stereocenters. The van der Waals surface area contributed by atoms with Crippen LogP contribution in [0, 0.1) is 0 Å². The molecule has 1 saturated heterocycles. The van der Waals surface area contributed by atoms with Crippen LogP contribution >= 0.6 is 34.9 Å². The molecule has 1 fully saturated rings. The third kappa shape index (κ3) is 5.15. The maximum absolute atomic E-state index is 12.5. The predicted octanol–water partition coefficient (Wildman–Crippen LogP) is 5.00. The van der Waals surface area contributed by atoms with E-state index in [4.69, 9.17) is 10.5 Å². The number of hydrogen-bond acceptors (Lipinski definition) is 6. The van der Waals surface area contributed by atoms with Crippen molar-refractivity contribution in [3.63, 3.8) is 0 Å². The fourth-order valence-electron chi connectivity index (χ4n) is 3.80. The molecule has 8 heteroatoms. The van der Waals surface area contributed by atoms with Crippen LogP contribution in [0.4, 0.5) is 5.00 Å². The van der Waals surface area contributed by atoms with Crippen LogP contribution in [0.2, 0.25) is 0 Å². The molecule has 1 aromatic carbocycles. The number of hydrogen-bond donors (Lipinski definition) is 2. The average Bonchev–Trinajstić information content (AvgIpc) is 2.94. The van der Waals surface area contributed by atoms with Crippen molar-refractivity contribution in [1.82, 2.24) is 0 Å². The van der Waals surface area contributed by atoms with Crippen molar-refractivity contribution in [2.45, 2.75) is 43.1 Å². The second-order valence-corrected chi connectivity index (χ2v) is 11.3. The lowest BCUT2D eigenvalue weighted by molar-refractivity contribution is -0.118. The van der Waals surface area contributed by atoms with Gasteiger partial charge in [-0.3, -0.25) is 9.59 Å². The van der Waals surface area contributed by atoms with Crippen molar-refractivity contribution in [2.24, 2.45) is 5.73 Å². The van der Waals surface area contributed by atoms with Crippen molar-refractivity contribution in [2.75, 3.05) is 23.4 Å². The van der Waals surface area contributed by atoms with Crippen molar-refractivity contribution in [1.29, 1.82) is 0 Å². The molecule has 5 nitrogen and oxygen atoms in total. The fraction of sp³-hybridized carbons (Fsp3) is 0.455. The van der Waals surface area contributed by atoms with E-state index in [1.54, 1.807) is 0 Å². The summed E-state index contributed by atoms with van der Waals surface area (Å²) >= 11 is 5.44. The largest absolute Gasteiger partial charge is 0.484 e. The van der Waals surface area contributed by atoms with E-state index in [-0.39, 0.29) is 12.5 Å². The fourth-order valence-corrected chi connectivity index (χ4v) is 8.01. The van der Waals surface area contributed by atoms with E-state index in [9.17, 15) is 9.59 Å². The molecule has 0 radical (unpaired) electrons. The maximum atomic E-state index is 12.5. The summed E-state index contributed by atoms with van der Waals surface area (Å²) in [7, 11) is 0. The molecule has 4 rings (SSSR count). The normalized spacial score (nSPS) is 17.1. The standard InChI is InChI=1S/C22H26N2O3S3/c23-20(26)19-16-5-2-1-3-6-17(16)30-21(19)24-18(25)13-27-15-9-7-14(8-10-15)22-28-11-4-12-29-22/h7-10,22H,1-6,11-13H2,(H2,23,26)(H,24,25). The Bertz CT molecular complexity index is 905. The van der Waals surface area contributed by atoms with Gasteiger partial charge in [-0.15, -0.1) is 34.9 Å². The van der Waals surface area contributed by atoms with E-state index in [2.05, 4.69) is 17.4 Å². The second-order valence-electron chi connectivity index (χ2n) is 7.47. The number of thiophene rings is 1. The summed E-state index contributed by atoms with van der Waals surface area (Å²) in [5.74, 6) is 2.32. The number of ether oxygens (including phenoxy) is 1. The van der Waals surface area contributed by atoms with Gasteiger partial charge in [0.05, 0.1) is 10.1 Å². The Morgan fingerprint density at radius 3 is 2.50 bits per heavy atom. The van der Waals surface area contributed by atoms with E-state index < -0.39 is 5.91 Å². The number of benzene rings is 1. The number of amides is 2. The predicted molar refractivity (Wildman–Crippen MR) is 127 cm³/mol. The van der Waals surface area contributed by atoms with Gasteiger partial charge in [0.15, 0.2) is 6.61 Å². The van der Waals surface area contributed by atoms with Crippen LogP contribution in [0.15, 0.2) is 24.3 Å². The highest BCUT2D eigenvalue weighted by Gasteiger charge is 2.24. The van der Waals surface area contributed by atoms with Crippen LogP contribution in [-0.4, -0.2) is 29.9 Å². The number of thioether (sulfide) groups is 2. The number of primary amides is 1. The lowest BCUT2D eigenvalue weighted by Gasteiger charge is -2.21. The molecular formula is C22H26N2O3S3. The van der Waals surface area contributed by atoms with Crippen LogP contribution < -0.4 is 15.8 Å². The number of nitrogens with two attached hydrogens (primary N) is 1. The molecule has 30 heavy (non-hydrogen) atoms. The van der Waals surface area contributed by atoms with E-state index in [0.29, 0.717) is 20.9 Å². The summed E-state index contributed by atoms with van der Waals surface area (Å²) in [5, 5.41) is 3.41. The van der Waals surface area contributed by atoms with Crippen LogP contribution in [-0.2, 0) is 17.6 Å². The average molecular weight is 463 g/mol. The zero-order chi connectivity index (χ0) is 20.9. The molecule has 0 spiro atoms. The Labute approximate surface area is 189 Å². The molecule has 0 bridgehead atoms. The minimum Gasteiger partial charge on any atom is -0.484 e. The molecular weight excluding hydrogens is 436 g/mol. The van der Waals surface area contributed by atoms with Gasteiger partial charge in [0, 0.05) is 4.88 Å². The minimum absolute atomic E-state index is 0.104. The summed E-state index contributed by atoms with van der Waals surface area (Å²) in [4.78, 5) is 25.7. The molecule has 1 aliphatic heterocycles. The summed E-state index contributed by atoms with van der Waals surface area (Å²) in [6.07, 6.45) is 6.38. The van der Waals surface area contributed by atoms with Crippen LogP contribution in [0.3, 0.4) is 0 Å². The van der Waals surface area contributed by atoms with Gasteiger partial charge in [0.1, 0.15) is 10.8 Å². The van der Waals surface area contributed by atoms with E-state index >= 15 is 0 Å². The number of fused-ring (bicyclic) bond motifs is 1. The van der Waals surface area contributed by atoms with Crippen LogP contribution in [0.25, 0.3) is 0 Å². The topological polar surface area (TPSA) is 81.4 Å². The molecule has 160 valence electrons. The monoisotopic (exact) mass is 462 g/mol. The maximum Gasteiger partial charge on any atom is 0.262 e. The molecule has 2 amide bonds. The number of aryl methyl sites for hydroxylation is 1.